The number of aromatic amines is 1. The molecule has 4 rings (SSSR count). The molecule has 32 heavy (non-hydrogen) atoms. The van der Waals surface area contributed by atoms with Gasteiger partial charge in [-0.3, -0.25) is 5.32 Å². The van der Waals surface area contributed by atoms with Crippen molar-refractivity contribution >= 4 is 40.2 Å². The highest BCUT2D eigenvalue weighted by atomic mass is 35.5. The Morgan fingerprint density at radius 2 is 2.16 bits per heavy atom. The average Bonchev–Trinajstić information content (AvgIpc) is 3.20. The van der Waals surface area contributed by atoms with E-state index in [2.05, 4.69) is 35.6 Å². The Kier molecular flexibility index (Phi) is 6.11. The average molecular weight is 469 g/mol. The number of piperidine rings is 1. The molecule has 1 atom stereocenters. The third kappa shape index (κ3) is 4.44. The number of nitrogens with one attached hydrogen (secondary N) is 4. The molecule has 1 saturated heterocycles. The van der Waals surface area contributed by atoms with Crippen molar-refractivity contribution < 1.29 is 22.7 Å². The maximum atomic E-state index is 13.7. The SMILES string of the molecule is COC(=O)Nc1ccc2c(-c3nc(NC4CCCNC4)ncc3C(F)(F)F)c[nH]c2c1Cl. The minimum absolute atomic E-state index is 0.0257. The summed E-state index contributed by atoms with van der Waals surface area (Å²) in [6.45, 7) is 1.58. The first-order chi connectivity index (χ1) is 15.3. The number of benzene rings is 1. The lowest BCUT2D eigenvalue weighted by Crippen LogP contribution is -2.38. The predicted octanol–water partition coefficient (Wildman–Crippen LogP) is 4.64. The van der Waals surface area contributed by atoms with E-state index in [1.54, 1.807) is 6.07 Å². The molecule has 0 spiro atoms. The van der Waals surface area contributed by atoms with E-state index in [1.165, 1.54) is 19.4 Å². The second-order valence-corrected chi connectivity index (χ2v) is 7.69. The van der Waals surface area contributed by atoms with Gasteiger partial charge in [0.1, 0.15) is 5.56 Å². The van der Waals surface area contributed by atoms with E-state index in [1.807, 2.05) is 0 Å². The molecule has 3 aromatic rings. The molecule has 12 heteroatoms. The van der Waals surface area contributed by atoms with Crippen LogP contribution in [0.15, 0.2) is 24.5 Å². The zero-order valence-electron chi connectivity index (χ0n) is 16.9. The normalized spacial score (nSPS) is 16.7. The first kappa shape index (κ1) is 22.2. The number of aromatic nitrogens is 3. The van der Waals surface area contributed by atoms with Crippen LogP contribution in [0.1, 0.15) is 18.4 Å². The van der Waals surface area contributed by atoms with Crippen LogP contribution in [0.3, 0.4) is 0 Å². The van der Waals surface area contributed by atoms with Crippen molar-refractivity contribution in [2.75, 3.05) is 30.8 Å². The highest BCUT2D eigenvalue weighted by Crippen LogP contribution is 2.41. The highest BCUT2D eigenvalue weighted by Gasteiger charge is 2.36. The number of fused-ring (bicyclic) bond motifs is 1. The van der Waals surface area contributed by atoms with Crippen LogP contribution in [0.25, 0.3) is 22.2 Å². The van der Waals surface area contributed by atoms with Crippen LogP contribution in [0.5, 0.6) is 0 Å². The second kappa shape index (κ2) is 8.83. The Labute approximate surface area is 185 Å². The van der Waals surface area contributed by atoms with Gasteiger partial charge in [0.05, 0.1) is 29.0 Å². The van der Waals surface area contributed by atoms with E-state index < -0.39 is 17.8 Å². The molecule has 8 nitrogen and oxygen atoms in total. The first-order valence-corrected chi connectivity index (χ1v) is 10.2. The number of carbonyl (C=O) groups is 1. The number of halogens is 4. The Balaban J connectivity index is 1.77. The zero-order chi connectivity index (χ0) is 22.9. The van der Waals surface area contributed by atoms with Crippen LogP contribution in [-0.4, -0.2) is 47.3 Å². The Hall–Kier alpha value is -3.05. The molecule has 1 unspecified atom stereocenters. The molecule has 1 aliphatic rings. The van der Waals surface area contributed by atoms with Gasteiger partial charge in [-0.05, 0) is 31.5 Å². The standard InChI is InChI=1S/C20H20ClF3N6O2/c1-32-19(31)29-14-5-4-11-12(8-26-17(11)15(14)21)16-13(20(22,23)24)9-27-18(30-16)28-10-3-2-6-25-7-10/h4-5,8-10,25-26H,2-3,6-7H2,1H3,(H,29,31)(H,27,28,30). The number of anilines is 2. The molecule has 1 aliphatic heterocycles. The van der Waals surface area contributed by atoms with Crippen molar-refractivity contribution in [3.05, 3.63) is 35.1 Å². The van der Waals surface area contributed by atoms with Crippen LogP contribution < -0.4 is 16.0 Å². The first-order valence-electron chi connectivity index (χ1n) is 9.84. The zero-order valence-corrected chi connectivity index (χ0v) is 17.7. The van der Waals surface area contributed by atoms with E-state index >= 15 is 0 Å². The van der Waals surface area contributed by atoms with Crippen molar-refractivity contribution in [1.29, 1.82) is 0 Å². The topological polar surface area (TPSA) is 104 Å². The minimum atomic E-state index is -4.65. The second-order valence-electron chi connectivity index (χ2n) is 7.31. The van der Waals surface area contributed by atoms with Crippen LogP contribution in [0, 0.1) is 0 Å². The molecule has 0 radical (unpaired) electrons. The number of hydrogen-bond acceptors (Lipinski definition) is 6. The fraction of sp³-hybridized carbons (Fsp3) is 0.350. The van der Waals surface area contributed by atoms with Crippen LogP contribution in [0.2, 0.25) is 5.02 Å². The summed E-state index contributed by atoms with van der Waals surface area (Å²) in [5.74, 6) is 0.117. The van der Waals surface area contributed by atoms with E-state index in [-0.39, 0.29) is 34.0 Å². The molecule has 0 bridgehead atoms. The van der Waals surface area contributed by atoms with Gasteiger partial charge in [0.25, 0.3) is 0 Å². The lowest BCUT2D eigenvalue weighted by Gasteiger charge is -2.24. The molecular formula is C20H20ClF3N6O2. The molecule has 4 N–H and O–H groups in total. The van der Waals surface area contributed by atoms with Crippen LogP contribution in [-0.2, 0) is 10.9 Å². The number of nitrogens with zero attached hydrogens (tertiary/aromatic N) is 2. The fourth-order valence-electron chi connectivity index (χ4n) is 3.64. The molecule has 2 aromatic heterocycles. The lowest BCUT2D eigenvalue weighted by atomic mass is 10.1. The van der Waals surface area contributed by atoms with Crippen molar-refractivity contribution in [2.24, 2.45) is 0 Å². The van der Waals surface area contributed by atoms with Crippen LogP contribution in [0.4, 0.5) is 29.6 Å². The minimum Gasteiger partial charge on any atom is -0.453 e. The van der Waals surface area contributed by atoms with Crippen molar-refractivity contribution in [3.8, 4) is 11.3 Å². The summed E-state index contributed by atoms with van der Waals surface area (Å²) in [7, 11) is 1.21. The van der Waals surface area contributed by atoms with E-state index in [9.17, 15) is 18.0 Å². The number of rotatable bonds is 4. The Morgan fingerprint density at radius 3 is 2.84 bits per heavy atom. The molecule has 0 aliphatic carbocycles. The number of amides is 1. The molecule has 0 saturated carbocycles. The predicted molar refractivity (Wildman–Crippen MR) is 115 cm³/mol. The van der Waals surface area contributed by atoms with Gasteiger partial charge in [-0.2, -0.15) is 13.2 Å². The summed E-state index contributed by atoms with van der Waals surface area (Å²) in [4.78, 5) is 22.5. The number of methoxy groups -OCH3 is 1. The molecule has 170 valence electrons. The quantitative estimate of drug-likeness (QED) is 0.445. The molecule has 1 amide bonds. The molecule has 1 fully saturated rings. The van der Waals surface area contributed by atoms with Gasteiger partial charge in [0.2, 0.25) is 5.95 Å². The van der Waals surface area contributed by atoms with Crippen LogP contribution >= 0.6 is 11.6 Å². The summed E-state index contributed by atoms with van der Waals surface area (Å²) >= 11 is 6.36. The fourth-order valence-corrected chi connectivity index (χ4v) is 3.91. The van der Waals surface area contributed by atoms with Gasteiger partial charge in [0, 0.05) is 35.9 Å². The molecule has 1 aromatic carbocycles. The Bertz CT molecular complexity index is 1140. The van der Waals surface area contributed by atoms with Gasteiger partial charge in [0.15, 0.2) is 0 Å². The maximum absolute atomic E-state index is 13.7. The van der Waals surface area contributed by atoms with Gasteiger partial charge in [-0.15, -0.1) is 0 Å². The molecular weight excluding hydrogens is 449 g/mol. The Morgan fingerprint density at radius 1 is 1.34 bits per heavy atom. The summed E-state index contributed by atoms with van der Waals surface area (Å²) in [5, 5.41) is 9.34. The van der Waals surface area contributed by atoms with Crippen molar-refractivity contribution in [2.45, 2.75) is 25.1 Å². The van der Waals surface area contributed by atoms with Gasteiger partial charge in [-0.1, -0.05) is 11.6 Å². The molecule has 3 heterocycles. The third-order valence-electron chi connectivity index (χ3n) is 5.19. The number of carbonyl (C=O) groups excluding carboxylic acids is 1. The van der Waals surface area contributed by atoms with Gasteiger partial charge >= 0.3 is 12.3 Å². The van der Waals surface area contributed by atoms with E-state index in [0.717, 1.165) is 25.6 Å². The number of ether oxygens (including phenoxy) is 1. The van der Waals surface area contributed by atoms with Gasteiger partial charge in [-0.25, -0.2) is 14.8 Å². The summed E-state index contributed by atoms with van der Waals surface area (Å²) in [6, 6.07) is 3.07. The number of alkyl halides is 3. The van der Waals surface area contributed by atoms with Crippen molar-refractivity contribution in [3.63, 3.8) is 0 Å². The van der Waals surface area contributed by atoms with Gasteiger partial charge < -0.3 is 20.4 Å². The smallest absolute Gasteiger partial charge is 0.419 e. The summed E-state index contributed by atoms with van der Waals surface area (Å²) in [5.41, 5.74) is -0.405. The summed E-state index contributed by atoms with van der Waals surface area (Å²) in [6.07, 6.45) is -1.36. The third-order valence-corrected chi connectivity index (χ3v) is 5.59. The lowest BCUT2D eigenvalue weighted by molar-refractivity contribution is -0.137. The van der Waals surface area contributed by atoms with Crippen molar-refractivity contribution in [1.82, 2.24) is 20.3 Å². The number of H-pyrrole nitrogens is 1. The number of hydrogen-bond donors (Lipinski definition) is 4. The largest absolute Gasteiger partial charge is 0.453 e. The summed E-state index contributed by atoms with van der Waals surface area (Å²) < 4.78 is 45.8. The highest BCUT2D eigenvalue weighted by molar-refractivity contribution is 6.38. The van der Waals surface area contributed by atoms with E-state index in [4.69, 9.17) is 11.6 Å². The van der Waals surface area contributed by atoms with E-state index in [0.29, 0.717) is 17.4 Å². The maximum Gasteiger partial charge on any atom is 0.419 e. The monoisotopic (exact) mass is 468 g/mol.